The molecule has 50 heavy (non-hydrogen) atoms. The first kappa shape index (κ1) is 35.8. The Morgan fingerprint density at radius 2 is 1.62 bits per heavy atom. The molecule has 5 aromatic rings. The Kier molecular flexibility index (Phi) is 11.0. The van der Waals surface area contributed by atoms with E-state index in [0.717, 1.165) is 27.9 Å². The van der Waals surface area contributed by atoms with Crippen molar-refractivity contribution in [1.82, 2.24) is 35.1 Å². The molecule has 0 spiro atoms. The second kappa shape index (κ2) is 15.4. The molecule has 3 aromatic carbocycles. The van der Waals surface area contributed by atoms with Crippen molar-refractivity contribution in [2.75, 3.05) is 0 Å². The molecule has 16 heteroatoms. The number of benzene rings is 3. The van der Waals surface area contributed by atoms with Crippen LogP contribution in [-0.4, -0.2) is 67.9 Å². The van der Waals surface area contributed by atoms with E-state index in [2.05, 4.69) is 25.2 Å². The molecule has 0 aliphatic rings. The number of nitrogens with zero attached hydrogens (tertiary/aromatic N) is 7. The fraction of sp³-hybridized carbons (Fsp3) is 0.294. The molecule has 2 aromatic heterocycles. The van der Waals surface area contributed by atoms with Gasteiger partial charge >= 0.3 is 12.1 Å². The highest BCUT2D eigenvalue weighted by Crippen LogP contribution is 2.31. The molecule has 16 nitrogen and oxygen atoms in total. The largest absolute Gasteiger partial charge is 0.515 e. The van der Waals surface area contributed by atoms with Crippen LogP contribution >= 0.6 is 0 Å². The van der Waals surface area contributed by atoms with Crippen LogP contribution in [-0.2, 0) is 34.7 Å². The lowest BCUT2D eigenvalue weighted by Gasteiger charge is -2.16. The highest BCUT2D eigenvalue weighted by molar-refractivity contribution is 5.87. The van der Waals surface area contributed by atoms with Crippen LogP contribution in [0.15, 0.2) is 72.8 Å². The van der Waals surface area contributed by atoms with Crippen LogP contribution in [0.25, 0.3) is 22.5 Å². The number of rotatable bonds is 14. The van der Waals surface area contributed by atoms with Gasteiger partial charge in [-0.15, -0.1) is 15.0 Å². The summed E-state index contributed by atoms with van der Waals surface area (Å²) in [7, 11) is 0. The summed E-state index contributed by atoms with van der Waals surface area (Å²) >= 11 is 0. The number of hydrogen-bond donors (Lipinski definition) is 4. The van der Waals surface area contributed by atoms with E-state index in [1.54, 1.807) is 23.6 Å². The number of carbonyl (C=O) groups excluding carboxylic acids is 1. The number of aliphatic hydroxyl groups is 1. The van der Waals surface area contributed by atoms with E-state index in [1.165, 1.54) is 26.0 Å². The minimum Gasteiger partial charge on any atom is -0.477 e. The van der Waals surface area contributed by atoms with Crippen LogP contribution in [0.1, 0.15) is 73.5 Å². The molecule has 0 bridgehead atoms. The van der Waals surface area contributed by atoms with Gasteiger partial charge in [-0.2, -0.15) is 0 Å². The van der Waals surface area contributed by atoms with Gasteiger partial charge in [0.05, 0.1) is 12.0 Å². The van der Waals surface area contributed by atoms with Gasteiger partial charge in [-0.1, -0.05) is 67.6 Å². The smallest absolute Gasteiger partial charge is 0.477 e. The van der Waals surface area contributed by atoms with Crippen LogP contribution in [0.3, 0.4) is 0 Å². The molecule has 0 radical (unpaired) electrons. The van der Waals surface area contributed by atoms with Gasteiger partial charge in [0, 0.05) is 18.5 Å². The summed E-state index contributed by atoms with van der Waals surface area (Å²) in [5, 5.41) is 50.3. The van der Waals surface area contributed by atoms with Crippen LogP contribution in [0, 0.1) is 0 Å². The standard InChI is InChI=1S/C34H37N7O9/c1-5-8-28-35-30(34(3,4)45)29(32(42)43)39(28)19-22-11-15-24(16-12-22)26-9-6-7-10-27(26)31-36-38-40(37-31)21(2)49-33(44)50-25-17-13-23(14-18-25)20-48-41(46)47/h6-7,9-18,21,45-47H,5,8,19-20H2,1-4H3,(H,42,43). The lowest BCUT2D eigenvalue weighted by molar-refractivity contribution is -0.497. The monoisotopic (exact) mass is 687 g/mol. The van der Waals surface area contributed by atoms with E-state index in [0.29, 0.717) is 29.2 Å². The summed E-state index contributed by atoms with van der Waals surface area (Å²) in [6, 6.07) is 21.2. The number of carbonyl (C=O) groups is 2. The molecular formula is C34H37N7O9. The maximum absolute atomic E-state index is 12.4. The fourth-order valence-electron chi connectivity index (χ4n) is 5.21. The SMILES string of the molecule is CCCc1nc(C(C)(C)O)c(C(=O)O)n1Cc1ccc(-c2ccccc2-c2nnn(C(C)OC(=O)Oc3ccc(CON(O)O)cc3)n2)cc1. The first-order valence-electron chi connectivity index (χ1n) is 15.7. The molecule has 0 amide bonds. The summed E-state index contributed by atoms with van der Waals surface area (Å²) < 4.78 is 12.2. The number of carboxylic acid groups (broad SMARTS) is 1. The predicted molar refractivity (Wildman–Crippen MR) is 175 cm³/mol. The summed E-state index contributed by atoms with van der Waals surface area (Å²) in [6.45, 7) is 6.73. The van der Waals surface area contributed by atoms with E-state index in [9.17, 15) is 19.8 Å². The number of tetrazole rings is 1. The molecular weight excluding hydrogens is 650 g/mol. The second-order valence-corrected chi connectivity index (χ2v) is 11.8. The van der Waals surface area contributed by atoms with Crippen LogP contribution in [0.5, 0.6) is 5.75 Å². The van der Waals surface area contributed by atoms with Crippen molar-refractivity contribution in [2.45, 2.75) is 65.5 Å². The second-order valence-electron chi connectivity index (χ2n) is 11.8. The van der Waals surface area contributed by atoms with Crippen LogP contribution < -0.4 is 4.74 Å². The summed E-state index contributed by atoms with van der Waals surface area (Å²) in [4.78, 5) is 34.9. The average Bonchev–Trinajstić information content (AvgIpc) is 3.71. The van der Waals surface area contributed by atoms with Gasteiger partial charge in [0.1, 0.15) is 22.9 Å². The van der Waals surface area contributed by atoms with Gasteiger partial charge in [0.2, 0.25) is 12.1 Å². The van der Waals surface area contributed by atoms with Gasteiger partial charge in [-0.05, 0) is 66.8 Å². The molecule has 0 aliphatic carbocycles. The zero-order chi connectivity index (χ0) is 36.0. The maximum Gasteiger partial charge on any atom is 0.515 e. The lowest BCUT2D eigenvalue weighted by Crippen LogP contribution is -2.22. The molecule has 0 fully saturated rings. The Morgan fingerprint density at radius 3 is 2.24 bits per heavy atom. The highest BCUT2D eigenvalue weighted by Gasteiger charge is 2.31. The van der Waals surface area contributed by atoms with Crippen LogP contribution in [0.2, 0.25) is 0 Å². The molecule has 1 atom stereocenters. The predicted octanol–water partition coefficient (Wildman–Crippen LogP) is 5.38. The van der Waals surface area contributed by atoms with Gasteiger partial charge in [0.25, 0.3) is 0 Å². The molecule has 4 N–H and O–H groups in total. The molecule has 5 rings (SSSR count). The lowest BCUT2D eigenvalue weighted by atomic mass is 9.98. The number of aromatic carboxylic acids is 1. The van der Waals surface area contributed by atoms with Crippen molar-refractivity contribution in [3.05, 3.63) is 101 Å². The van der Waals surface area contributed by atoms with E-state index in [4.69, 9.17) is 19.9 Å². The minimum atomic E-state index is -1.42. The Labute approximate surface area is 286 Å². The highest BCUT2D eigenvalue weighted by atomic mass is 17.1. The number of carboxylic acids is 1. The van der Waals surface area contributed by atoms with Crippen molar-refractivity contribution < 1.29 is 44.5 Å². The number of hydrogen-bond acceptors (Lipinski definition) is 13. The van der Waals surface area contributed by atoms with Gasteiger partial charge in [-0.3, -0.25) is 10.4 Å². The zero-order valence-corrected chi connectivity index (χ0v) is 27.8. The van der Waals surface area contributed by atoms with Crippen molar-refractivity contribution in [3.8, 4) is 28.3 Å². The molecule has 262 valence electrons. The van der Waals surface area contributed by atoms with E-state index in [-0.39, 0.29) is 30.3 Å². The molecule has 1 unspecified atom stereocenters. The normalized spacial score (nSPS) is 12.2. The number of aromatic nitrogens is 6. The third kappa shape index (κ3) is 8.55. The quantitative estimate of drug-likeness (QED) is 0.0657. The molecule has 0 aliphatic heterocycles. The van der Waals surface area contributed by atoms with Gasteiger partial charge in [0.15, 0.2) is 5.69 Å². The molecule has 0 saturated heterocycles. The van der Waals surface area contributed by atoms with Crippen molar-refractivity contribution in [2.24, 2.45) is 0 Å². The summed E-state index contributed by atoms with van der Waals surface area (Å²) in [5.74, 6) is -0.0748. The van der Waals surface area contributed by atoms with Crippen molar-refractivity contribution >= 4 is 12.1 Å². The third-order valence-electron chi connectivity index (χ3n) is 7.57. The summed E-state index contributed by atoms with van der Waals surface area (Å²) in [5.41, 5.74) is 2.47. The van der Waals surface area contributed by atoms with Crippen molar-refractivity contribution in [1.29, 1.82) is 0 Å². The minimum absolute atomic E-state index is 0.0312. The van der Waals surface area contributed by atoms with E-state index >= 15 is 0 Å². The van der Waals surface area contributed by atoms with Gasteiger partial charge in [-0.25, -0.2) is 19.4 Å². The van der Waals surface area contributed by atoms with Crippen molar-refractivity contribution in [3.63, 3.8) is 0 Å². The fourth-order valence-corrected chi connectivity index (χ4v) is 5.21. The Hall–Kier alpha value is -5.52. The zero-order valence-electron chi connectivity index (χ0n) is 27.8. The van der Waals surface area contributed by atoms with Gasteiger partial charge < -0.3 is 24.3 Å². The number of imidazole rings is 1. The molecule has 2 heterocycles. The third-order valence-corrected chi connectivity index (χ3v) is 7.57. The Bertz CT molecular complexity index is 1930. The average molecular weight is 688 g/mol. The topological polar surface area (TPSA) is 207 Å². The molecule has 0 saturated carbocycles. The first-order valence-corrected chi connectivity index (χ1v) is 15.7. The Balaban J connectivity index is 1.29. The Morgan fingerprint density at radius 1 is 0.960 bits per heavy atom. The maximum atomic E-state index is 12.4. The van der Waals surface area contributed by atoms with E-state index in [1.807, 2.05) is 55.5 Å². The number of aryl methyl sites for hydroxylation is 1. The van der Waals surface area contributed by atoms with E-state index < -0.39 is 29.3 Å². The van der Waals surface area contributed by atoms with Crippen LogP contribution in [0.4, 0.5) is 4.79 Å². The number of ether oxygens (including phenoxy) is 2. The summed E-state index contributed by atoms with van der Waals surface area (Å²) in [6.07, 6.45) is -0.642. The first-order chi connectivity index (χ1) is 23.8.